The molecule has 0 aromatic carbocycles. The molecule has 0 bridgehead atoms. The zero-order chi connectivity index (χ0) is 16.6. The van der Waals surface area contributed by atoms with E-state index in [-0.39, 0.29) is 73.4 Å². The van der Waals surface area contributed by atoms with Crippen LogP contribution in [0.15, 0.2) is 16.5 Å². The molecule has 0 aliphatic rings. The van der Waals surface area contributed by atoms with Gasteiger partial charge in [-0.2, -0.15) is 0 Å². The van der Waals surface area contributed by atoms with Crippen LogP contribution >= 0.6 is 0 Å². The Bertz CT molecular complexity index is 606. The summed E-state index contributed by atoms with van der Waals surface area (Å²) in [7, 11) is -4.70. The molecule has 7 nitrogen and oxygen atoms in total. The van der Waals surface area contributed by atoms with E-state index in [9.17, 15) is 22.6 Å². The Morgan fingerprint density at radius 1 is 1.13 bits per heavy atom. The first-order chi connectivity index (χ1) is 10.3. The van der Waals surface area contributed by atoms with Crippen molar-refractivity contribution in [2.75, 3.05) is 6.61 Å². The van der Waals surface area contributed by atoms with Gasteiger partial charge in [0.1, 0.15) is 23.1 Å². The topological polar surface area (TPSA) is 114 Å². The molecular formula is C14H19NaO7S. The Hall–Kier alpha value is -0.510. The zero-order valence-electron chi connectivity index (χ0n) is 13.4. The fourth-order valence-electron chi connectivity index (χ4n) is 1.84. The van der Waals surface area contributed by atoms with E-state index in [1.807, 2.05) is 19.1 Å². The van der Waals surface area contributed by atoms with Crippen molar-refractivity contribution in [2.45, 2.75) is 45.4 Å². The summed E-state index contributed by atoms with van der Waals surface area (Å²) >= 11 is 0. The Morgan fingerprint density at radius 2 is 1.74 bits per heavy atom. The number of rotatable bonds is 11. The van der Waals surface area contributed by atoms with E-state index in [1.165, 1.54) is 0 Å². The van der Waals surface area contributed by atoms with Gasteiger partial charge in [-0.25, -0.2) is 8.42 Å². The zero-order valence-corrected chi connectivity index (χ0v) is 16.2. The molecule has 124 valence electrons. The third-order valence-electron chi connectivity index (χ3n) is 2.96. The molecule has 23 heavy (non-hydrogen) atoms. The Balaban J connectivity index is 0.00000484. The van der Waals surface area contributed by atoms with Crippen LogP contribution in [0.4, 0.5) is 0 Å². The van der Waals surface area contributed by atoms with Crippen molar-refractivity contribution in [3.8, 4) is 0 Å². The van der Waals surface area contributed by atoms with Gasteiger partial charge in [0.2, 0.25) is 10.4 Å². The van der Waals surface area contributed by atoms with Gasteiger partial charge >= 0.3 is 29.6 Å². The van der Waals surface area contributed by atoms with Crippen molar-refractivity contribution in [1.82, 2.24) is 0 Å². The summed E-state index contributed by atoms with van der Waals surface area (Å²) in [5.74, 6) is 1.35. The van der Waals surface area contributed by atoms with Gasteiger partial charge in [-0.3, -0.25) is 13.8 Å². The van der Waals surface area contributed by atoms with Crippen LogP contribution in [0.25, 0.3) is 0 Å². The summed E-state index contributed by atoms with van der Waals surface area (Å²) < 4.78 is 39.8. The first-order valence-electron chi connectivity index (χ1n) is 6.95. The summed E-state index contributed by atoms with van der Waals surface area (Å²) in [4.78, 5) is 23.1. The van der Waals surface area contributed by atoms with Gasteiger partial charge in [-0.1, -0.05) is 0 Å². The second kappa shape index (κ2) is 11.1. The summed E-state index contributed by atoms with van der Waals surface area (Å²) in [5.41, 5.74) is 0. The fraction of sp³-hybridized carbons (Fsp3) is 0.571. The summed E-state index contributed by atoms with van der Waals surface area (Å²) in [6.45, 7) is 1.51. The Labute approximate surface area is 158 Å². The number of Topliss-reactive ketones (excluding diaryl/α,β-unsaturated/α-hetero) is 2. The minimum absolute atomic E-state index is 0. The van der Waals surface area contributed by atoms with Gasteiger partial charge in [0.15, 0.2) is 0 Å². The number of hydrogen-bond acceptors (Lipinski definition) is 7. The van der Waals surface area contributed by atoms with E-state index in [1.54, 1.807) is 0 Å². The molecule has 0 spiro atoms. The van der Waals surface area contributed by atoms with Crippen molar-refractivity contribution in [2.24, 2.45) is 0 Å². The largest absolute Gasteiger partial charge is 1.00 e. The molecule has 0 aliphatic heterocycles. The van der Waals surface area contributed by atoms with Crippen molar-refractivity contribution in [1.29, 1.82) is 0 Å². The van der Waals surface area contributed by atoms with Gasteiger partial charge in [0.05, 0.1) is 6.61 Å². The van der Waals surface area contributed by atoms with Gasteiger partial charge in [-0.15, -0.1) is 0 Å². The van der Waals surface area contributed by atoms with E-state index in [4.69, 9.17) is 4.42 Å². The van der Waals surface area contributed by atoms with Crippen LogP contribution in [-0.2, 0) is 30.6 Å². The van der Waals surface area contributed by atoms with Crippen molar-refractivity contribution in [3.05, 3.63) is 23.7 Å². The summed E-state index contributed by atoms with van der Waals surface area (Å²) in [5, 5.41) is 0. The molecule has 1 heterocycles. The van der Waals surface area contributed by atoms with E-state index in [2.05, 4.69) is 4.18 Å². The summed E-state index contributed by atoms with van der Waals surface area (Å²) in [6.07, 6.45) is 1.31. The van der Waals surface area contributed by atoms with Crippen LogP contribution in [0.3, 0.4) is 0 Å². The van der Waals surface area contributed by atoms with E-state index < -0.39 is 10.4 Å². The molecule has 1 rings (SSSR count). The quantitative estimate of drug-likeness (QED) is 0.210. The maximum Gasteiger partial charge on any atom is 1.00 e. The Kier molecular flexibility index (Phi) is 10.9. The van der Waals surface area contributed by atoms with Crippen LogP contribution in [0, 0.1) is 6.92 Å². The molecule has 0 N–H and O–H groups in total. The molecule has 0 atom stereocenters. The minimum atomic E-state index is -4.70. The van der Waals surface area contributed by atoms with E-state index in [0.29, 0.717) is 12.8 Å². The van der Waals surface area contributed by atoms with Crippen LogP contribution in [0.5, 0.6) is 0 Å². The fourth-order valence-corrected chi connectivity index (χ4v) is 2.16. The number of furan rings is 1. The predicted octanol–water partition coefficient (Wildman–Crippen LogP) is -1.30. The molecule has 0 fully saturated rings. The molecule has 0 saturated heterocycles. The molecule has 0 unspecified atom stereocenters. The molecule has 0 aliphatic carbocycles. The molecule has 0 amide bonds. The second-order valence-electron chi connectivity index (χ2n) is 4.92. The number of carbonyl (C=O) groups excluding carboxylic acids is 2. The van der Waals surface area contributed by atoms with E-state index in [0.717, 1.165) is 11.5 Å². The van der Waals surface area contributed by atoms with Gasteiger partial charge < -0.3 is 8.97 Å². The maximum atomic E-state index is 11.6. The molecule has 1 aromatic heterocycles. The standard InChI is InChI=1S/C14H20O7S.Na/c1-11-4-8-14(21-11)9-7-13(16)6-5-12(15)3-2-10-20-22(17,18)19;/h4,8H,2-3,5-7,9-10H2,1H3,(H,17,18,19);/q;+1/p-1. The molecule has 9 heteroatoms. The van der Waals surface area contributed by atoms with Crippen LogP contribution in [0.1, 0.15) is 43.6 Å². The predicted molar refractivity (Wildman–Crippen MR) is 75.9 cm³/mol. The number of aryl methyl sites for hydroxylation is 2. The molecular weight excluding hydrogens is 335 g/mol. The third kappa shape index (κ3) is 11.6. The first kappa shape index (κ1) is 22.5. The van der Waals surface area contributed by atoms with Crippen molar-refractivity contribution >= 4 is 22.0 Å². The number of ketones is 2. The molecule has 0 saturated carbocycles. The number of hydrogen-bond donors (Lipinski definition) is 0. The average Bonchev–Trinajstić information content (AvgIpc) is 2.84. The van der Waals surface area contributed by atoms with Gasteiger partial charge in [-0.05, 0) is 25.5 Å². The Morgan fingerprint density at radius 3 is 2.26 bits per heavy atom. The molecule has 1 aromatic rings. The SMILES string of the molecule is Cc1ccc(CCC(=O)CCC(=O)CCCOS(=O)(=O)[O-])o1.[Na+]. The number of carbonyl (C=O) groups is 2. The summed E-state index contributed by atoms with van der Waals surface area (Å²) in [6, 6.07) is 3.64. The average molecular weight is 354 g/mol. The van der Waals surface area contributed by atoms with Gasteiger partial charge in [0, 0.05) is 32.1 Å². The van der Waals surface area contributed by atoms with Crippen LogP contribution < -0.4 is 29.6 Å². The maximum absolute atomic E-state index is 11.6. The van der Waals surface area contributed by atoms with Crippen LogP contribution in [0.2, 0.25) is 0 Å². The van der Waals surface area contributed by atoms with Crippen molar-refractivity contribution in [3.63, 3.8) is 0 Å². The second-order valence-corrected chi connectivity index (χ2v) is 5.98. The molecule has 0 radical (unpaired) electrons. The van der Waals surface area contributed by atoms with Crippen molar-refractivity contribution < 1.29 is 60.7 Å². The monoisotopic (exact) mass is 354 g/mol. The van der Waals surface area contributed by atoms with Crippen LogP contribution in [-0.4, -0.2) is 31.1 Å². The van der Waals surface area contributed by atoms with E-state index >= 15 is 0 Å². The minimum Gasteiger partial charge on any atom is -0.726 e. The smallest absolute Gasteiger partial charge is 0.726 e. The normalized spacial score (nSPS) is 11.0. The third-order valence-corrected chi connectivity index (χ3v) is 3.41. The van der Waals surface area contributed by atoms with Gasteiger partial charge in [0.25, 0.3) is 0 Å². The first-order valence-corrected chi connectivity index (χ1v) is 8.28.